The largest absolute Gasteiger partial charge is 0.481 e. The predicted octanol–water partition coefficient (Wildman–Crippen LogP) is 3.62. The SMILES string of the molecule is CN(CC1CCC(C(=O)O)CC1)c1ccc(I)cc1. The van der Waals surface area contributed by atoms with E-state index in [9.17, 15) is 4.79 Å². The molecule has 0 spiro atoms. The van der Waals surface area contributed by atoms with Crippen LogP contribution in [-0.4, -0.2) is 24.7 Å². The van der Waals surface area contributed by atoms with Crippen molar-refractivity contribution in [2.75, 3.05) is 18.5 Å². The van der Waals surface area contributed by atoms with E-state index in [1.165, 1.54) is 9.26 Å². The van der Waals surface area contributed by atoms with Crippen LogP contribution < -0.4 is 4.90 Å². The lowest BCUT2D eigenvalue weighted by molar-refractivity contribution is -0.143. The van der Waals surface area contributed by atoms with Crippen LogP contribution in [-0.2, 0) is 4.79 Å². The van der Waals surface area contributed by atoms with Crippen LogP contribution in [0.25, 0.3) is 0 Å². The molecule has 4 heteroatoms. The second-order valence-electron chi connectivity index (χ2n) is 5.41. The lowest BCUT2D eigenvalue weighted by Gasteiger charge is -2.30. The highest BCUT2D eigenvalue weighted by Crippen LogP contribution is 2.30. The van der Waals surface area contributed by atoms with Crippen molar-refractivity contribution in [3.63, 3.8) is 0 Å². The molecule has 1 N–H and O–H groups in total. The Morgan fingerprint density at radius 2 is 1.84 bits per heavy atom. The summed E-state index contributed by atoms with van der Waals surface area (Å²) >= 11 is 2.31. The summed E-state index contributed by atoms with van der Waals surface area (Å²) in [6, 6.07) is 8.52. The summed E-state index contributed by atoms with van der Waals surface area (Å²) in [6.07, 6.45) is 3.73. The molecule has 1 fully saturated rings. The van der Waals surface area contributed by atoms with Crippen LogP contribution in [0.2, 0.25) is 0 Å². The maximum atomic E-state index is 10.9. The minimum absolute atomic E-state index is 0.111. The van der Waals surface area contributed by atoms with Gasteiger partial charge in [0, 0.05) is 22.8 Å². The number of halogens is 1. The van der Waals surface area contributed by atoms with Crippen LogP contribution in [0.4, 0.5) is 5.69 Å². The minimum Gasteiger partial charge on any atom is -0.481 e. The van der Waals surface area contributed by atoms with Gasteiger partial charge >= 0.3 is 5.97 Å². The van der Waals surface area contributed by atoms with Gasteiger partial charge < -0.3 is 10.0 Å². The molecule has 19 heavy (non-hydrogen) atoms. The van der Waals surface area contributed by atoms with Crippen LogP contribution in [0, 0.1) is 15.4 Å². The quantitative estimate of drug-likeness (QED) is 0.820. The zero-order valence-electron chi connectivity index (χ0n) is 11.2. The first-order valence-electron chi connectivity index (χ1n) is 6.76. The molecule has 104 valence electrons. The van der Waals surface area contributed by atoms with Crippen LogP contribution in [0.15, 0.2) is 24.3 Å². The number of hydrogen-bond acceptors (Lipinski definition) is 2. The highest BCUT2D eigenvalue weighted by Gasteiger charge is 2.26. The Kier molecular flexibility index (Phi) is 5.07. The van der Waals surface area contributed by atoms with Gasteiger partial charge in [0.1, 0.15) is 0 Å². The van der Waals surface area contributed by atoms with Crippen molar-refractivity contribution < 1.29 is 9.90 Å². The Balaban J connectivity index is 1.85. The van der Waals surface area contributed by atoms with Crippen molar-refractivity contribution in [3.05, 3.63) is 27.8 Å². The number of carboxylic acids is 1. The monoisotopic (exact) mass is 373 g/mol. The first kappa shape index (κ1) is 14.6. The van der Waals surface area contributed by atoms with E-state index in [1.807, 2.05) is 0 Å². The number of carboxylic acid groups (broad SMARTS) is 1. The maximum Gasteiger partial charge on any atom is 0.306 e. The van der Waals surface area contributed by atoms with Crippen molar-refractivity contribution >= 4 is 34.2 Å². The van der Waals surface area contributed by atoms with Gasteiger partial charge in [-0.1, -0.05) is 0 Å². The Bertz CT molecular complexity index is 424. The molecule has 1 aromatic rings. The molecule has 0 saturated heterocycles. The number of benzene rings is 1. The summed E-state index contributed by atoms with van der Waals surface area (Å²) in [6.45, 7) is 1.02. The van der Waals surface area contributed by atoms with E-state index in [0.29, 0.717) is 5.92 Å². The van der Waals surface area contributed by atoms with E-state index in [1.54, 1.807) is 0 Å². The normalized spacial score (nSPS) is 23.1. The second kappa shape index (κ2) is 6.59. The van der Waals surface area contributed by atoms with Gasteiger partial charge in [-0.2, -0.15) is 0 Å². The van der Waals surface area contributed by atoms with Gasteiger partial charge in [0.2, 0.25) is 0 Å². The number of hydrogen-bond donors (Lipinski definition) is 1. The topological polar surface area (TPSA) is 40.5 Å². The lowest BCUT2D eigenvalue weighted by Crippen LogP contribution is -2.30. The fourth-order valence-corrected chi connectivity index (χ4v) is 3.14. The van der Waals surface area contributed by atoms with Crippen molar-refractivity contribution in [2.45, 2.75) is 25.7 Å². The Hall–Kier alpha value is -0.780. The van der Waals surface area contributed by atoms with Gasteiger partial charge in [0.25, 0.3) is 0 Å². The van der Waals surface area contributed by atoms with E-state index in [2.05, 4.69) is 58.8 Å². The zero-order valence-corrected chi connectivity index (χ0v) is 13.3. The van der Waals surface area contributed by atoms with E-state index in [-0.39, 0.29) is 5.92 Å². The smallest absolute Gasteiger partial charge is 0.306 e. The summed E-state index contributed by atoms with van der Waals surface area (Å²) in [5, 5.41) is 9.00. The molecule has 0 radical (unpaired) electrons. The van der Waals surface area contributed by atoms with Crippen molar-refractivity contribution in [2.24, 2.45) is 11.8 Å². The maximum absolute atomic E-state index is 10.9. The summed E-state index contributed by atoms with van der Waals surface area (Å²) in [5.41, 5.74) is 1.24. The molecule has 0 atom stereocenters. The predicted molar refractivity (Wildman–Crippen MR) is 85.5 cm³/mol. The standard InChI is InChI=1S/C15H20INO2/c1-17(14-8-6-13(16)7-9-14)10-11-2-4-12(5-3-11)15(18)19/h6-9,11-12H,2-5,10H2,1H3,(H,18,19). The molecule has 0 unspecified atom stereocenters. The minimum atomic E-state index is -0.621. The van der Waals surface area contributed by atoms with Crippen molar-refractivity contribution in [3.8, 4) is 0 Å². The van der Waals surface area contributed by atoms with Gasteiger partial charge in [-0.05, 0) is 78.5 Å². The number of rotatable bonds is 4. The zero-order chi connectivity index (χ0) is 13.8. The highest BCUT2D eigenvalue weighted by atomic mass is 127. The fourth-order valence-electron chi connectivity index (χ4n) is 2.78. The second-order valence-corrected chi connectivity index (χ2v) is 6.66. The first-order chi connectivity index (χ1) is 9.06. The average molecular weight is 373 g/mol. The van der Waals surface area contributed by atoms with Crippen LogP contribution in [0.5, 0.6) is 0 Å². The van der Waals surface area contributed by atoms with E-state index in [0.717, 1.165) is 32.2 Å². The molecule has 1 aliphatic carbocycles. The molecule has 0 amide bonds. The van der Waals surface area contributed by atoms with E-state index in [4.69, 9.17) is 5.11 Å². The third-order valence-electron chi connectivity index (χ3n) is 4.00. The molecule has 1 aromatic carbocycles. The van der Waals surface area contributed by atoms with E-state index >= 15 is 0 Å². The summed E-state index contributed by atoms with van der Waals surface area (Å²) < 4.78 is 1.25. The first-order valence-corrected chi connectivity index (χ1v) is 7.83. The number of nitrogens with zero attached hydrogens (tertiary/aromatic N) is 1. The van der Waals surface area contributed by atoms with E-state index < -0.39 is 5.97 Å². The number of carbonyl (C=O) groups is 1. The Labute approximate surface area is 128 Å². The molecule has 1 aliphatic rings. The van der Waals surface area contributed by atoms with Crippen LogP contribution in [0.1, 0.15) is 25.7 Å². The van der Waals surface area contributed by atoms with Crippen molar-refractivity contribution in [1.82, 2.24) is 0 Å². The molecule has 1 saturated carbocycles. The van der Waals surface area contributed by atoms with Gasteiger partial charge in [-0.3, -0.25) is 4.79 Å². The van der Waals surface area contributed by atoms with Gasteiger partial charge in [0.05, 0.1) is 5.92 Å². The van der Waals surface area contributed by atoms with Crippen molar-refractivity contribution in [1.29, 1.82) is 0 Å². The Morgan fingerprint density at radius 1 is 1.26 bits per heavy atom. The van der Waals surface area contributed by atoms with Gasteiger partial charge in [-0.15, -0.1) is 0 Å². The van der Waals surface area contributed by atoms with Crippen LogP contribution >= 0.6 is 22.6 Å². The average Bonchev–Trinajstić information content (AvgIpc) is 2.40. The lowest BCUT2D eigenvalue weighted by atomic mass is 9.82. The molecule has 3 nitrogen and oxygen atoms in total. The fraction of sp³-hybridized carbons (Fsp3) is 0.533. The molecule has 0 heterocycles. The third-order valence-corrected chi connectivity index (χ3v) is 4.71. The number of aliphatic carboxylic acids is 1. The van der Waals surface area contributed by atoms with Gasteiger partial charge in [-0.25, -0.2) is 0 Å². The third kappa shape index (κ3) is 4.09. The summed E-state index contributed by atoms with van der Waals surface area (Å²) in [7, 11) is 2.12. The molecule has 2 rings (SSSR count). The summed E-state index contributed by atoms with van der Waals surface area (Å²) in [5.74, 6) is -0.107. The number of anilines is 1. The molecular formula is C15H20INO2. The molecular weight excluding hydrogens is 353 g/mol. The van der Waals surface area contributed by atoms with Crippen LogP contribution in [0.3, 0.4) is 0 Å². The van der Waals surface area contributed by atoms with Gasteiger partial charge in [0.15, 0.2) is 0 Å². The summed E-state index contributed by atoms with van der Waals surface area (Å²) in [4.78, 5) is 13.2. The highest BCUT2D eigenvalue weighted by molar-refractivity contribution is 14.1. The Morgan fingerprint density at radius 3 is 2.37 bits per heavy atom. The molecule has 0 bridgehead atoms. The molecule has 0 aromatic heterocycles. The molecule has 0 aliphatic heterocycles.